The zero-order chi connectivity index (χ0) is 17.3. The number of rotatable bonds is 4. The van der Waals surface area contributed by atoms with Crippen molar-refractivity contribution in [1.82, 2.24) is 14.1 Å². The molecule has 1 aliphatic carbocycles. The van der Waals surface area contributed by atoms with Crippen molar-refractivity contribution in [2.45, 2.75) is 56.9 Å². The molecule has 0 atom stereocenters. The highest BCUT2D eigenvalue weighted by atomic mass is 32.2. The molecular formula is C18H25N3O2S. The first kappa shape index (κ1) is 17.2. The van der Waals surface area contributed by atoms with Gasteiger partial charge in [-0.2, -0.15) is 9.40 Å². The van der Waals surface area contributed by atoms with E-state index in [-0.39, 0.29) is 6.04 Å². The Bertz CT molecular complexity index is 806. The van der Waals surface area contributed by atoms with E-state index in [1.54, 1.807) is 23.0 Å². The van der Waals surface area contributed by atoms with Gasteiger partial charge in [0, 0.05) is 13.1 Å². The van der Waals surface area contributed by atoms with Gasteiger partial charge in [-0.05, 0) is 38.8 Å². The molecule has 0 spiro atoms. The minimum absolute atomic E-state index is 0.0997. The minimum atomic E-state index is -3.54. The zero-order valence-corrected chi connectivity index (χ0v) is 15.4. The van der Waals surface area contributed by atoms with Crippen molar-refractivity contribution >= 4 is 10.0 Å². The van der Waals surface area contributed by atoms with Crippen LogP contribution in [0.3, 0.4) is 0 Å². The van der Waals surface area contributed by atoms with Gasteiger partial charge in [0.15, 0.2) is 0 Å². The van der Waals surface area contributed by atoms with E-state index in [2.05, 4.69) is 5.10 Å². The van der Waals surface area contributed by atoms with E-state index in [4.69, 9.17) is 0 Å². The quantitative estimate of drug-likeness (QED) is 0.851. The lowest BCUT2D eigenvalue weighted by Crippen LogP contribution is -2.38. The highest BCUT2D eigenvalue weighted by Crippen LogP contribution is 2.30. The maximum atomic E-state index is 13.2. The summed E-state index contributed by atoms with van der Waals surface area (Å²) < 4.78 is 29.7. The van der Waals surface area contributed by atoms with Crippen LogP contribution in [-0.2, 0) is 10.0 Å². The molecule has 24 heavy (non-hydrogen) atoms. The van der Waals surface area contributed by atoms with Gasteiger partial charge >= 0.3 is 0 Å². The van der Waals surface area contributed by atoms with Crippen LogP contribution in [0.15, 0.2) is 35.2 Å². The average molecular weight is 347 g/mol. The van der Waals surface area contributed by atoms with Gasteiger partial charge in [-0.15, -0.1) is 0 Å². The van der Waals surface area contributed by atoms with Gasteiger partial charge in [-0.25, -0.2) is 13.1 Å². The Balaban J connectivity index is 2.01. The monoisotopic (exact) mass is 347 g/mol. The van der Waals surface area contributed by atoms with Crippen LogP contribution in [0.4, 0.5) is 0 Å². The number of nitrogens with zero attached hydrogens (tertiary/aromatic N) is 3. The molecule has 2 aromatic rings. The van der Waals surface area contributed by atoms with Gasteiger partial charge in [0.05, 0.1) is 17.1 Å². The van der Waals surface area contributed by atoms with Gasteiger partial charge in [0.25, 0.3) is 0 Å². The number of sulfonamides is 1. The van der Waals surface area contributed by atoms with Crippen LogP contribution in [0.1, 0.15) is 43.5 Å². The maximum Gasteiger partial charge on any atom is 0.246 e. The van der Waals surface area contributed by atoms with E-state index >= 15 is 0 Å². The number of aromatic nitrogens is 2. The molecule has 1 saturated carbocycles. The minimum Gasteiger partial charge on any atom is -0.236 e. The molecule has 1 aromatic carbocycles. The number of para-hydroxylation sites is 1. The molecule has 0 unspecified atom stereocenters. The Morgan fingerprint density at radius 3 is 2.33 bits per heavy atom. The molecule has 0 aliphatic heterocycles. The van der Waals surface area contributed by atoms with Crippen LogP contribution in [0.25, 0.3) is 5.69 Å². The number of hydrogen-bond acceptors (Lipinski definition) is 3. The average Bonchev–Trinajstić information content (AvgIpc) is 2.90. The first-order valence-corrected chi connectivity index (χ1v) is 9.96. The Hall–Kier alpha value is -1.66. The lowest BCUT2D eigenvalue weighted by atomic mass is 9.96. The third kappa shape index (κ3) is 3.00. The second-order valence-electron chi connectivity index (χ2n) is 6.56. The van der Waals surface area contributed by atoms with Crippen molar-refractivity contribution in [2.24, 2.45) is 0 Å². The topological polar surface area (TPSA) is 55.2 Å². The summed E-state index contributed by atoms with van der Waals surface area (Å²) in [5.41, 5.74) is 2.10. The maximum absolute atomic E-state index is 13.2. The molecular weight excluding hydrogens is 322 g/mol. The fourth-order valence-corrected chi connectivity index (χ4v) is 5.37. The van der Waals surface area contributed by atoms with E-state index in [9.17, 15) is 8.42 Å². The van der Waals surface area contributed by atoms with Gasteiger partial charge in [0.1, 0.15) is 4.90 Å². The Labute approximate surface area is 144 Å². The zero-order valence-electron chi connectivity index (χ0n) is 14.6. The lowest BCUT2D eigenvalue weighted by Gasteiger charge is -2.30. The molecule has 130 valence electrons. The summed E-state index contributed by atoms with van der Waals surface area (Å²) in [5, 5.41) is 4.49. The van der Waals surface area contributed by atoms with Crippen molar-refractivity contribution in [3.8, 4) is 5.69 Å². The summed E-state index contributed by atoms with van der Waals surface area (Å²) in [6.45, 7) is 3.60. The van der Waals surface area contributed by atoms with Crippen molar-refractivity contribution < 1.29 is 8.42 Å². The van der Waals surface area contributed by atoms with Gasteiger partial charge in [-0.1, -0.05) is 37.5 Å². The van der Waals surface area contributed by atoms with Gasteiger partial charge < -0.3 is 0 Å². The lowest BCUT2D eigenvalue weighted by molar-refractivity contribution is 0.285. The molecule has 1 heterocycles. The molecule has 3 rings (SSSR count). The Morgan fingerprint density at radius 2 is 1.71 bits per heavy atom. The summed E-state index contributed by atoms with van der Waals surface area (Å²) in [7, 11) is -1.82. The van der Waals surface area contributed by atoms with Crippen molar-refractivity contribution in [3.63, 3.8) is 0 Å². The highest BCUT2D eigenvalue weighted by molar-refractivity contribution is 7.89. The largest absolute Gasteiger partial charge is 0.246 e. The third-order valence-corrected chi connectivity index (χ3v) is 7.11. The van der Waals surface area contributed by atoms with E-state index < -0.39 is 10.0 Å². The summed E-state index contributed by atoms with van der Waals surface area (Å²) in [6.07, 6.45) is 5.30. The molecule has 1 aliphatic rings. The molecule has 0 bridgehead atoms. The molecule has 0 saturated heterocycles. The van der Waals surface area contributed by atoms with Crippen LogP contribution in [0.5, 0.6) is 0 Å². The summed E-state index contributed by atoms with van der Waals surface area (Å²) in [5.74, 6) is 0. The van der Waals surface area contributed by atoms with E-state index in [1.807, 2.05) is 37.3 Å². The van der Waals surface area contributed by atoms with Crippen LogP contribution in [0, 0.1) is 13.8 Å². The number of benzene rings is 1. The van der Waals surface area contributed by atoms with Crippen molar-refractivity contribution in [3.05, 3.63) is 41.7 Å². The first-order chi connectivity index (χ1) is 11.4. The highest BCUT2D eigenvalue weighted by Gasteiger charge is 2.33. The number of hydrogen-bond donors (Lipinski definition) is 0. The molecule has 5 nitrogen and oxygen atoms in total. The normalized spacial score (nSPS) is 16.7. The Morgan fingerprint density at radius 1 is 1.08 bits per heavy atom. The van der Waals surface area contributed by atoms with E-state index in [1.165, 1.54) is 6.42 Å². The van der Waals surface area contributed by atoms with Crippen LogP contribution in [-0.4, -0.2) is 35.6 Å². The van der Waals surface area contributed by atoms with Crippen LogP contribution < -0.4 is 0 Å². The SMILES string of the molecule is Cc1nn(-c2ccccc2)c(C)c1S(=O)(=O)N(C)C1CCCCC1. The fraction of sp³-hybridized carbons (Fsp3) is 0.500. The van der Waals surface area contributed by atoms with E-state index in [0.29, 0.717) is 16.3 Å². The molecule has 1 fully saturated rings. The molecule has 0 N–H and O–H groups in total. The first-order valence-electron chi connectivity index (χ1n) is 8.52. The van der Waals surface area contributed by atoms with Gasteiger partial charge in [-0.3, -0.25) is 0 Å². The molecule has 0 radical (unpaired) electrons. The smallest absolute Gasteiger partial charge is 0.236 e. The van der Waals surface area contributed by atoms with Crippen LogP contribution in [0.2, 0.25) is 0 Å². The standard InChI is InChI=1S/C18H25N3O2S/c1-14-18(15(2)21(19-14)17-12-8-5-9-13-17)24(22,23)20(3)16-10-6-4-7-11-16/h5,8-9,12-13,16H,4,6-7,10-11H2,1-3H3. The van der Waals surface area contributed by atoms with Gasteiger partial charge in [0.2, 0.25) is 10.0 Å². The predicted octanol–water partition coefficient (Wildman–Crippen LogP) is 3.44. The summed E-state index contributed by atoms with van der Waals surface area (Å²) in [4.78, 5) is 0.347. The summed E-state index contributed by atoms with van der Waals surface area (Å²) in [6, 6.07) is 9.75. The third-order valence-electron chi connectivity index (χ3n) is 4.95. The second kappa shape index (κ2) is 6.69. The fourth-order valence-electron chi connectivity index (χ4n) is 3.61. The predicted molar refractivity (Wildman–Crippen MR) is 94.9 cm³/mol. The number of aryl methyl sites for hydroxylation is 1. The van der Waals surface area contributed by atoms with Crippen molar-refractivity contribution in [2.75, 3.05) is 7.05 Å². The van der Waals surface area contributed by atoms with Crippen LogP contribution >= 0.6 is 0 Å². The summed E-state index contributed by atoms with van der Waals surface area (Å²) >= 11 is 0. The van der Waals surface area contributed by atoms with Crippen molar-refractivity contribution in [1.29, 1.82) is 0 Å². The van der Waals surface area contributed by atoms with E-state index in [0.717, 1.165) is 31.4 Å². The molecule has 1 aromatic heterocycles. The second-order valence-corrected chi connectivity index (χ2v) is 8.49. The molecule has 0 amide bonds. The Kier molecular flexibility index (Phi) is 4.78. The molecule has 6 heteroatoms.